The van der Waals surface area contributed by atoms with Crippen LogP contribution in [0.1, 0.15) is 20.3 Å². The number of rotatable bonds is 7. The van der Waals surface area contributed by atoms with Gasteiger partial charge in [0.05, 0.1) is 7.11 Å². The van der Waals surface area contributed by atoms with Gasteiger partial charge in [-0.3, -0.25) is 4.90 Å². The van der Waals surface area contributed by atoms with Crippen LogP contribution in [0.4, 0.5) is 0 Å². The molecule has 1 aliphatic rings. The van der Waals surface area contributed by atoms with Crippen molar-refractivity contribution in [1.29, 1.82) is 0 Å². The molecule has 1 N–H and O–H groups in total. The fraction of sp³-hybridized carbons (Fsp3) is 0.647. The number of hydrogen-bond acceptors (Lipinski definition) is 4. The molecule has 1 unspecified atom stereocenters. The average molecular weight is 292 g/mol. The van der Waals surface area contributed by atoms with Crippen LogP contribution in [0, 0.1) is 5.92 Å². The van der Waals surface area contributed by atoms with E-state index in [-0.39, 0.29) is 0 Å². The second-order valence-electron chi connectivity index (χ2n) is 6.11. The van der Waals surface area contributed by atoms with Crippen molar-refractivity contribution in [1.82, 2.24) is 10.2 Å². The highest BCUT2D eigenvalue weighted by Crippen LogP contribution is 2.17. The number of nitrogens with zero attached hydrogens (tertiary/aromatic N) is 1. The standard InChI is InChI=1S/C17H28N2O2/c1-14(2)12-15-13-19(9-8-18-15)10-11-21-17-6-4-16(20-3)5-7-17/h4-7,14-15,18H,8-13H2,1-3H3. The van der Waals surface area contributed by atoms with E-state index in [4.69, 9.17) is 9.47 Å². The van der Waals surface area contributed by atoms with E-state index in [2.05, 4.69) is 24.1 Å². The molecular weight excluding hydrogens is 264 g/mol. The lowest BCUT2D eigenvalue weighted by Crippen LogP contribution is -2.51. The first-order valence-corrected chi connectivity index (χ1v) is 7.90. The van der Waals surface area contributed by atoms with Crippen molar-refractivity contribution in [2.45, 2.75) is 26.3 Å². The van der Waals surface area contributed by atoms with Gasteiger partial charge in [-0.25, -0.2) is 0 Å². The van der Waals surface area contributed by atoms with E-state index in [1.54, 1.807) is 7.11 Å². The molecular formula is C17H28N2O2. The molecule has 0 aliphatic carbocycles. The van der Waals surface area contributed by atoms with Crippen molar-refractivity contribution in [2.75, 3.05) is 39.9 Å². The molecule has 21 heavy (non-hydrogen) atoms. The molecule has 2 rings (SSSR count). The molecule has 1 atom stereocenters. The Labute approximate surface area is 128 Å². The van der Waals surface area contributed by atoms with Gasteiger partial charge in [0.15, 0.2) is 0 Å². The van der Waals surface area contributed by atoms with Gasteiger partial charge >= 0.3 is 0 Å². The van der Waals surface area contributed by atoms with Crippen molar-refractivity contribution >= 4 is 0 Å². The maximum Gasteiger partial charge on any atom is 0.119 e. The molecule has 0 radical (unpaired) electrons. The van der Waals surface area contributed by atoms with E-state index in [1.165, 1.54) is 6.42 Å². The summed E-state index contributed by atoms with van der Waals surface area (Å²) in [4.78, 5) is 2.49. The molecule has 4 nitrogen and oxygen atoms in total. The van der Waals surface area contributed by atoms with Gasteiger partial charge in [0.2, 0.25) is 0 Å². The van der Waals surface area contributed by atoms with Crippen LogP contribution in [-0.4, -0.2) is 50.8 Å². The second-order valence-corrected chi connectivity index (χ2v) is 6.11. The number of piperazine rings is 1. The van der Waals surface area contributed by atoms with E-state index < -0.39 is 0 Å². The molecule has 0 bridgehead atoms. The molecule has 1 fully saturated rings. The van der Waals surface area contributed by atoms with E-state index in [1.807, 2.05) is 24.3 Å². The normalized spacial score (nSPS) is 19.7. The highest BCUT2D eigenvalue weighted by Gasteiger charge is 2.19. The first-order valence-electron chi connectivity index (χ1n) is 7.90. The third kappa shape index (κ3) is 5.56. The summed E-state index contributed by atoms with van der Waals surface area (Å²) in [5.74, 6) is 2.52. The lowest BCUT2D eigenvalue weighted by Gasteiger charge is -2.34. The van der Waals surface area contributed by atoms with Crippen LogP contribution in [0.15, 0.2) is 24.3 Å². The lowest BCUT2D eigenvalue weighted by atomic mass is 10.0. The molecule has 0 amide bonds. The van der Waals surface area contributed by atoms with Crippen LogP contribution in [0.25, 0.3) is 0 Å². The minimum absolute atomic E-state index is 0.625. The summed E-state index contributed by atoms with van der Waals surface area (Å²) < 4.78 is 10.9. The van der Waals surface area contributed by atoms with Crippen molar-refractivity contribution in [3.63, 3.8) is 0 Å². The molecule has 0 spiro atoms. The monoisotopic (exact) mass is 292 g/mol. The lowest BCUT2D eigenvalue weighted by molar-refractivity contribution is 0.157. The maximum absolute atomic E-state index is 5.81. The molecule has 1 saturated heterocycles. The highest BCUT2D eigenvalue weighted by molar-refractivity contribution is 5.31. The predicted octanol–water partition coefficient (Wildman–Crippen LogP) is 2.39. The van der Waals surface area contributed by atoms with Gasteiger partial charge in [-0.1, -0.05) is 13.8 Å². The van der Waals surface area contributed by atoms with Crippen LogP contribution in [0.2, 0.25) is 0 Å². The van der Waals surface area contributed by atoms with E-state index in [0.717, 1.165) is 50.2 Å². The van der Waals surface area contributed by atoms with Crippen LogP contribution < -0.4 is 14.8 Å². The first kappa shape index (κ1) is 16.1. The first-order chi connectivity index (χ1) is 10.2. The molecule has 1 aliphatic heterocycles. The van der Waals surface area contributed by atoms with E-state index in [0.29, 0.717) is 6.04 Å². The van der Waals surface area contributed by atoms with Crippen molar-refractivity contribution in [3.05, 3.63) is 24.3 Å². The summed E-state index contributed by atoms with van der Waals surface area (Å²) in [6, 6.07) is 8.40. The molecule has 118 valence electrons. The van der Waals surface area contributed by atoms with Gasteiger partial charge < -0.3 is 14.8 Å². The van der Waals surface area contributed by atoms with Gasteiger partial charge in [0, 0.05) is 32.2 Å². The fourth-order valence-corrected chi connectivity index (χ4v) is 2.79. The third-order valence-corrected chi connectivity index (χ3v) is 3.83. The van der Waals surface area contributed by atoms with Gasteiger partial charge in [-0.05, 0) is 36.6 Å². The molecule has 0 saturated carbocycles. The molecule has 4 heteroatoms. The van der Waals surface area contributed by atoms with Crippen LogP contribution in [0.3, 0.4) is 0 Å². The zero-order valence-corrected chi connectivity index (χ0v) is 13.5. The van der Waals surface area contributed by atoms with E-state index in [9.17, 15) is 0 Å². The van der Waals surface area contributed by atoms with Crippen LogP contribution >= 0.6 is 0 Å². The summed E-state index contributed by atoms with van der Waals surface area (Å²) in [6.07, 6.45) is 1.25. The smallest absolute Gasteiger partial charge is 0.119 e. The largest absolute Gasteiger partial charge is 0.497 e. The van der Waals surface area contributed by atoms with Gasteiger partial charge in [0.1, 0.15) is 18.1 Å². The van der Waals surface area contributed by atoms with Crippen molar-refractivity contribution in [2.24, 2.45) is 5.92 Å². The Kier molecular flexibility index (Phi) is 6.33. The topological polar surface area (TPSA) is 33.7 Å². The Morgan fingerprint density at radius 1 is 1.24 bits per heavy atom. The van der Waals surface area contributed by atoms with E-state index >= 15 is 0 Å². The number of hydrogen-bond donors (Lipinski definition) is 1. The SMILES string of the molecule is COc1ccc(OCCN2CCNC(CC(C)C)C2)cc1. The summed E-state index contributed by atoms with van der Waals surface area (Å²) >= 11 is 0. The minimum atomic E-state index is 0.625. The highest BCUT2D eigenvalue weighted by atomic mass is 16.5. The zero-order valence-electron chi connectivity index (χ0n) is 13.5. The Balaban J connectivity index is 1.69. The van der Waals surface area contributed by atoms with Gasteiger partial charge in [-0.15, -0.1) is 0 Å². The third-order valence-electron chi connectivity index (χ3n) is 3.83. The van der Waals surface area contributed by atoms with Crippen molar-refractivity contribution < 1.29 is 9.47 Å². The zero-order chi connectivity index (χ0) is 15.1. The van der Waals surface area contributed by atoms with Crippen LogP contribution in [0.5, 0.6) is 11.5 Å². The average Bonchev–Trinajstić information content (AvgIpc) is 2.48. The second kappa shape index (κ2) is 8.25. The Bertz CT molecular complexity index is 406. The fourth-order valence-electron chi connectivity index (χ4n) is 2.79. The summed E-state index contributed by atoms with van der Waals surface area (Å²) in [5.41, 5.74) is 0. The molecule has 0 aromatic heterocycles. The minimum Gasteiger partial charge on any atom is -0.497 e. The van der Waals surface area contributed by atoms with Crippen molar-refractivity contribution in [3.8, 4) is 11.5 Å². The Hall–Kier alpha value is -1.26. The van der Waals surface area contributed by atoms with Gasteiger partial charge in [0.25, 0.3) is 0 Å². The molecule has 1 aromatic rings. The number of benzene rings is 1. The maximum atomic E-state index is 5.81. The number of nitrogens with one attached hydrogen (secondary N) is 1. The quantitative estimate of drug-likeness (QED) is 0.837. The van der Waals surface area contributed by atoms with Gasteiger partial charge in [-0.2, -0.15) is 0 Å². The number of ether oxygens (including phenoxy) is 2. The molecule has 1 heterocycles. The van der Waals surface area contributed by atoms with Crippen LogP contribution in [-0.2, 0) is 0 Å². The number of methoxy groups -OCH3 is 1. The summed E-state index contributed by atoms with van der Waals surface area (Å²) in [6.45, 7) is 9.62. The molecule has 1 aromatic carbocycles. The summed E-state index contributed by atoms with van der Waals surface area (Å²) in [5, 5.41) is 3.60. The Morgan fingerprint density at radius 2 is 1.95 bits per heavy atom. The predicted molar refractivity (Wildman–Crippen MR) is 86.2 cm³/mol. The Morgan fingerprint density at radius 3 is 2.62 bits per heavy atom. The summed E-state index contributed by atoms with van der Waals surface area (Å²) in [7, 11) is 1.67.